The van der Waals surface area contributed by atoms with Crippen LogP contribution in [0.15, 0.2) is 30.7 Å². The molecule has 0 spiro atoms. The fourth-order valence-corrected chi connectivity index (χ4v) is 4.17. The molecule has 1 aliphatic rings. The Morgan fingerprint density at radius 1 is 1.33 bits per heavy atom. The van der Waals surface area contributed by atoms with Gasteiger partial charge in [0.25, 0.3) is 0 Å². The van der Waals surface area contributed by atoms with Crippen LogP contribution in [0.5, 0.6) is 0 Å². The normalized spacial score (nSPS) is 14.9. The van der Waals surface area contributed by atoms with E-state index in [9.17, 15) is 9.18 Å². The highest BCUT2D eigenvalue weighted by Crippen LogP contribution is 2.40. The predicted octanol–water partition coefficient (Wildman–Crippen LogP) is 3.33. The first kappa shape index (κ1) is 20.4. The Morgan fingerprint density at radius 3 is 2.77 bits per heavy atom. The van der Waals surface area contributed by atoms with Gasteiger partial charge in [0.05, 0.1) is 10.7 Å². The number of nitrogens with one attached hydrogen (secondary N) is 1. The molecule has 156 valence electrons. The van der Waals surface area contributed by atoms with Gasteiger partial charge in [0.15, 0.2) is 0 Å². The second-order valence-electron chi connectivity index (χ2n) is 7.30. The number of aromatic nitrogens is 4. The lowest BCUT2D eigenvalue weighted by Crippen LogP contribution is -2.39. The summed E-state index contributed by atoms with van der Waals surface area (Å²) < 4.78 is 14.5. The van der Waals surface area contributed by atoms with Gasteiger partial charge < -0.3 is 10.0 Å². The number of aromatic amines is 1. The second-order valence-corrected chi connectivity index (χ2v) is 7.71. The van der Waals surface area contributed by atoms with Crippen LogP contribution in [0.1, 0.15) is 30.0 Å². The first-order valence-electron chi connectivity index (χ1n) is 9.69. The summed E-state index contributed by atoms with van der Waals surface area (Å²) in [5, 5.41) is 16.8. The lowest BCUT2D eigenvalue weighted by Gasteiger charge is -2.31. The van der Waals surface area contributed by atoms with Crippen molar-refractivity contribution < 1.29 is 14.3 Å². The fraction of sp³-hybridized carbons (Fsp3) is 0.333. The SMILES string of the molecule is Cc1c(-c2n[nH]c(C3CCN(C(=O)CO)CC3)c2-c2ccncn2)ccc(Cl)c1F. The van der Waals surface area contributed by atoms with Gasteiger partial charge in [-0.3, -0.25) is 9.89 Å². The number of benzene rings is 1. The summed E-state index contributed by atoms with van der Waals surface area (Å²) in [6.45, 7) is 2.30. The predicted molar refractivity (Wildman–Crippen MR) is 110 cm³/mol. The molecule has 1 fully saturated rings. The number of H-pyrrole nitrogens is 1. The number of aliphatic hydroxyl groups is 1. The van der Waals surface area contributed by atoms with Crippen molar-refractivity contribution in [3.8, 4) is 22.5 Å². The molecule has 1 aromatic carbocycles. The third-order valence-electron chi connectivity index (χ3n) is 5.62. The standard InChI is InChI=1S/C21H21ClFN5O2/c1-12-14(2-3-15(22)19(12)23)21-18(16-4-7-24-11-25-16)20(26-27-21)13-5-8-28(9-6-13)17(30)10-29/h2-4,7,11,13,29H,5-6,8-10H2,1H3,(H,26,27). The Hall–Kier alpha value is -2.84. The Kier molecular flexibility index (Phi) is 5.78. The summed E-state index contributed by atoms with van der Waals surface area (Å²) >= 11 is 5.93. The van der Waals surface area contributed by atoms with Crippen LogP contribution in [-0.4, -0.2) is 55.8 Å². The van der Waals surface area contributed by atoms with Crippen molar-refractivity contribution in [1.29, 1.82) is 0 Å². The van der Waals surface area contributed by atoms with Gasteiger partial charge in [0.2, 0.25) is 5.91 Å². The van der Waals surface area contributed by atoms with E-state index in [1.807, 2.05) is 0 Å². The summed E-state index contributed by atoms with van der Waals surface area (Å²) in [4.78, 5) is 21.8. The number of hydrogen-bond acceptors (Lipinski definition) is 5. The van der Waals surface area contributed by atoms with Gasteiger partial charge in [0, 0.05) is 42.0 Å². The van der Waals surface area contributed by atoms with Crippen LogP contribution >= 0.6 is 11.6 Å². The second kappa shape index (κ2) is 8.49. The van der Waals surface area contributed by atoms with E-state index in [0.717, 1.165) is 24.1 Å². The molecule has 0 bridgehead atoms. The third kappa shape index (κ3) is 3.68. The van der Waals surface area contributed by atoms with E-state index in [4.69, 9.17) is 16.7 Å². The van der Waals surface area contributed by atoms with Crippen molar-refractivity contribution in [3.63, 3.8) is 0 Å². The van der Waals surface area contributed by atoms with Gasteiger partial charge in [-0.2, -0.15) is 5.10 Å². The summed E-state index contributed by atoms with van der Waals surface area (Å²) in [6.07, 6.45) is 4.56. The third-order valence-corrected chi connectivity index (χ3v) is 5.91. The molecule has 1 saturated heterocycles. The Bertz CT molecular complexity index is 1060. The number of rotatable bonds is 4. The molecule has 3 heterocycles. The van der Waals surface area contributed by atoms with Gasteiger partial charge >= 0.3 is 0 Å². The monoisotopic (exact) mass is 429 g/mol. The maximum Gasteiger partial charge on any atom is 0.248 e. The van der Waals surface area contributed by atoms with E-state index in [0.29, 0.717) is 35.6 Å². The molecule has 30 heavy (non-hydrogen) atoms. The molecule has 0 atom stereocenters. The van der Waals surface area contributed by atoms with Crippen molar-refractivity contribution in [3.05, 3.63) is 52.8 Å². The van der Waals surface area contributed by atoms with Crippen LogP contribution in [0.2, 0.25) is 5.02 Å². The van der Waals surface area contributed by atoms with Gasteiger partial charge in [-0.05, 0) is 37.5 Å². The molecule has 0 aliphatic carbocycles. The van der Waals surface area contributed by atoms with Crippen molar-refractivity contribution in [1.82, 2.24) is 25.1 Å². The first-order valence-corrected chi connectivity index (χ1v) is 10.1. The van der Waals surface area contributed by atoms with Gasteiger partial charge in [-0.25, -0.2) is 14.4 Å². The van der Waals surface area contributed by atoms with Crippen LogP contribution < -0.4 is 0 Å². The smallest absolute Gasteiger partial charge is 0.248 e. The van der Waals surface area contributed by atoms with Crippen LogP contribution in [0, 0.1) is 12.7 Å². The first-order chi connectivity index (χ1) is 14.5. The zero-order valence-corrected chi connectivity index (χ0v) is 17.2. The molecule has 9 heteroatoms. The van der Waals surface area contributed by atoms with E-state index in [2.05, 4.69) is 20.2 Å². The van der Waals surface area contributed by atoms with Crippen molar-refractivity contribution in [2.45, 2.75) is 25.7 Å². The molecule has 0 unspecified atom stereocenters. The minimum Gasteiger partial charge on any atom is -0.387 e. The van der Waals surface area contributed by atoms with Crippen molar-refractivity contribution in [2.24, 2.45) is 0 Å². The quantitative estimate of drug-likeness (QED) is 0.663. The van der Waals surface area contributed by atoms with Gasteiger partial charge in [-0.1, -0.05) is 17.7 Å². The molecule has 2 aromatic heterocycles. The minimum atomic E-state index is -0.480. The van der Waals surface area contributed by atoms with Crippen LogP contribution in [0.3, 0.4) is 0 Å². The molecule has 0 radical (unpaired) electrons. The Labute approximate surface area is 177 Å². The number of halogens is 2. The average molecular weight is 430 g/mol. The van der Waals surface area contributed by atoms with E-state index in [1.165, 1.54) is 12.4 Å². The average Bonchev–Trinajstić information content (AvgIpc) is 3.22. The number of carbonyl (C=O) groups is 1. The molecule has 1 aliphatic heterocycles. The number of hydrogen-bond donors (Lipinski definition) is 2. The maximum atomic E-state index is 14.5. The molecular formula is C21H21ClFN5O2. The summed E-state index contributed by atoms with van der Waals surface area (Å²) in [6, 6.07) is 5.08. The topological polar surface area (TPSA) is 95.0 Å². The Morgan fingerprint density at radius 2 is 2.10 bits per heavy atom. The summed E-state index contributed by atoms with van der Waals surface area (Å²) in [5.41, 5.74) is 4.04. The Balaban J connectivity index is 1.77. The maximum absolute atomic E-state index is 14.5. The fourth-order valence-electron chi connectivity index (χ4n) is 3.97. The number of aliphatic hydroxyl groups excluding tert-OH is 1. The molecule has 1 amide bonds. The van der Waals surface area contributed by atoms with Crippen molar-refractivity contribution in [2.75, 3.05) is 19.7 Å². The van der Waals surface area contributed by atoms with E-state index in [-0.39, 0.29) is 16.8 Å². The van der Waals surface area contributed by atoms with Gasteiger partial charge in [0.1, 0.15) is 24.4 Å². The number of piperidine rings is 1. The highest BCUT2D eigenvalue weighted by atomic mass is 35.5. The van der Waals surface area contributed by atoms with Crippen LogP contribution in [0.4, 0.5) is 4.39 Å². The minimum absolute atomic E-state index is 0.0662. The lowest BCUT2D eigenvalue weighted by molar-refractivity contribution is -0.135. The highest BCUT2D eigenvalue weighted by Gasteiger charge is 2.29. The molecule has 2 N–H and O–H groups in total. The zero-order valence-electron chi connectivity index (χ0n) is 16.4. The van der Waals surface area contributed by atoms with Crippen LogP contribution in [-0.2, 0) is 4.79 Å². The zero-order chi connectivity index (χ0) is 21.3. The highest BCUT2D eigenvalue weighted by molar-refractivity contribution is 6.30. The molecular weight excluding hydrogens is 409 g/mol. The van der Waals surface area contributed by atoms with Gasteiger partial charge in [-0.15, -0.1) is 0 Å². The van der Waals surface area contributed by atoms with E-state index < -0.39 is 12.4 Å². The summed E-state index contributed by atoms with van der Waals surface area (Å²) in [5.74, 6) is -0.610. The van der Waals surface area contributed by atoms with E-state index in [1.54, 1.807) is 30.2 Å². The lowest BCUT2D eigenvalue weighted by atomic mass is 9.88. The number of nitrogens with zero attached hydrogens (tertiary/aromatic N) is 4. The van der Waals surface area contributed by atoms with Crippen molar-refractivity contribution >= 4 is 17.5 Å². The molecule has 4 rings (SSSR count). The van der Waals surface area contributed by atoms with Crippen LogP contribution in [0.25, 0.3) is 22.5 Å². The number of amides is 1. The van der Waals surface area contributed by atoms with E-state index >= 15 is 0 Å². The molecule has 3 aromatic rings. The molecule has 7 nitrogen and oxygen atoms in total. The molecule has 0 saturated carbocycles. The number of carbonyl (C=O) groups excluding carboxylic acids is 1. The number of likely N-dealkylation sites (tertiary alicyclic amines) is 1. The summed E-state index contributed by atoms with van der Waals surface area (Å²) in [7, 11) is 0. The largest absolute Gasteiger partial charge is 0.387 e.